The fourth-order valence-electron chi connectivity index (χ4n) is 1.61. The summed E-state index contributed by atoms with van der Waals surface area (Å²) in [7, 11) is 3.11. The second kappa shape index (κ2) is 6.98. The van der Waals surface area contributed by atoms with E-state index in [1.54, 1.807) is 39.3 Å². The van der Waals surface area contributed by atoms with Crippen LogP contribution in [-0.4, -0.2) is 41.1 Å². The number of benzene rings is 1. The third-order valence-corrected chi connectivity index (χ3v) is 3.44. The molecule has 0 bridgehead atoms. The van der Waals surface area contributed by atoms with Gasteiger partial charge in [0.1, 0.15) is 17.3 Å². The number of carbonyl (C=O) groups is 1. The van der Waals surface area contributed by atoms with E-state index in [9.17, 15) is 4.79 Å². The first-order valence-electron chi connectivity index (χ1n) is 6.16. The lowest BCUT2D eigenvalue weighted by Gasteiger charge is -2.11. The molecule has 0 aliphatic carbocycles. The minimum atomic E-state index is -0.172. The third kappa shape index (κ3) is 4.12. The van der Waals surface area contributed by atoms with Gasteiger partial charge in [0.05, 0.1) is 25.7 Å². The number of ether oxygens (including phenoxy) is 2. The van der Waals surface area contributed by atoms with Crippen molar-refractivity contribution in [2.75, 3.05) is 25.3 Å². The molecule has 7 nitrogen and oxygen atoms in total. The molecule has 2 rings (SSSR count). The summed E-state index contributed by atoms with van der Waals surface area (Å²) in [6.07, 6.45) is 0. The van der Waals surface area contributed by atoms with Crippen molar-refractivity contribution in [2.45, 2.75) is 12.1 Å². The van der Waals surface area contributed by atoms with Crippen LogP contribution in [0.1, 0.15) is 5.82 Å². The van der Waals surface area contributed by atoms with Crippen LogP contribution >= 0.6 is 11.8 Å². The van der Waals surface area contributed by atoms with E-state index in [-0.39, 0.29) is 11.7 Å². The smallest absolute Gasteiger partial charge is 0.234 e. The summed E-state index contributed by atoms with van der Waals surface area (Å²) < 4.78 is 10.3. The molecule has 0 fully saturated rings. The van der Waals surface area contributed by atoms with E-state index in [0.29, 0.717) is 28.2 Å². The van der Waals surface area contributed by atoms with Crippen LogP contribution in [-0.2, 0) is 4.79 Å². The van der Waals surface area contributed by atoms with Gasteiger partial charge in [-0.2, -0.15) is 0 Å². The second-order valence-electron chi connectivity index (χ2n) is 4.11. The van der Waals surface area contributed by atoms with E-state index < -0.39 is 0 Å². The van der Waals surface area contributed by atoms with E-state index in [1.807, 2.05) is 0 Å². The molecular formula is C13H16N4O3S. The maximum absolute atomic E-state index is 12.0. The molecule has 2 N–H and O–H groups in total. The first-order valence-corrected chi connectivity index (χ1v) is 7.14. The van der Waals surface area contributed by atoms with Gasteiger partial charge in [-0.1, -0.05) is 11.8 Å². The van der Waals surface area contributed by atoms with Crippen LogP contribution in [0.15, 0.2) is 23.4 Å². The number of rotatable bonds is 6. The molecule has 0 saturated heterocycles. The number of methoxy groups -OCH3 is 2. The van der Waals surface area contributed by atoms with Crippen LogP contribution in [0.3, 0.4) is 0 Å². The molecule has 0 aliphatic heterocycles. The van der Waals surface area contributed by atoms with E-state index in [2.05, 4.69) is 20.5 Å². The average molecular weight is 308 g/mol. The van der Waals surface area contributed by atoms with Crippen LogP contribution < -0.4 is 14.8 Å². The molecule has 0 unspecified atom stereocenters. The van der Waals surface area contributed by atoms with Crippen LogP contribution in [0, 0.1) is 6.92 Å². The number of aromatic nitrogens is 3. The van der Waals surface area contributed by atoms with E-state index in [0.717, 1.165) is 0 Å². The van der Waals surface area contributed by atoms with Crippen molar-refractivity contribution in [1.82, 2.24) is 15.2 Å². The van der Waals surface area contributed by atoms with Gasteiger partial charge in [-0.3, -0.25) is 9.89 Å². The summed E-state index contributed by atoms with van der Waals surface area (Å²) in [6.45, 7) is 1.80. The lowest BCUT2D eigenvalue weighted by Crippen LogP contribution is -2.15. The van der Waals surface area contributed by atoms with Crippen molar-refractivity contribution in [3.8, 4) is 11.5 Å². The van der Waals surface area contributed by atoms with Crippen molar-refractivity contribution in [1.29, 1.82) is 0 Å². The molecule has 2 aromatic rings. The Morgan fingerprint density at radius 2 is 2.19 bits per heavy atom. The fourth-order valence-corrected chi connectivity index (χ4v) is 2.26. The first kappa shape index (κ1) is 15.2. The molecule has 1 amide bonds. The Bertz CT molecular complexity index is 630. The Hall–Kier alpha value is -2.22. The number of nitrogens with one attached hydrogen (secondary N) is 2. The second-order valence-corrected chi connectivity index (χ2v) is 5.05. The van der Waals surface area contributed by atoms with Crippen molar-refractivity contribution in [2.24, 2.45) is 0 Å². The lowest BCUT2D eigenvalue weighted by molar-refractivity contribution is -0.113. The number of thioether (sulfide) groups is 1. The Morgan fingerprint density at radius 3 is 2.81 bits per heavy atom. The highest BCUT2D eigenvalue weighted by Gasteiger charge is 2.11. The van der Waals surface area contributed by atoms with Crippen LogP contribution in [0.2, 0.25) is 0 Å². The van der Waals surface area contributed by atoms with Crippen molar-refractivity contribution in [3.05, 3.63) is 24.0 Å². The standard InChI is InChI=1S/C13H16N4O3S/c1-8-14-13(17-16-8)21-7-12(18)15-10-6-9(19-2)4-5-11(10)20-3/h4-6H,7H2,1-3H3,(H,15,18)(H,14,16,17). The Balaban J connectivity index is 1.98. The summed E-state index contributed by atoms with van der Waals surface area (Å²) in [4.78, 5) is 16.1. The number of hydrogen-bond donors (Lipinski definition) is 2. The molecule has 1 aromatic heterocycles. The summed E-state index contributed by atoms with van der Waals surface area (Å²) in [5.74, 6) is 1.96. The third-order valence-electron chi connectivity index (χ3n) is 2.59. The summed E-state index contributed by atoms with van der Waals surface area (Å²) in [5.41, 5.74) is 0.564. The molecule has 1 aromatic carbocycles. The molecule has 0 saturated carbocycles. The molecule has 0 radical (unpaired) electrons. The van der Waals surface area contributed by atoms with E-state index >= 15 is 0 Å². The zero-order valence-corrected chi connectivity index (χ0v) is 12.8. The average Bonchev–Trinajstić information content (AvgIpc) is 2.90. The van der Waals surface area contributed by atoms with Crippen molar-refractivity contribution in [3.63, 3.8) is 0 Å². The number of aryl methyl sites for hydroxylation is 1. The molecule has 1 heterocycles. The number of carbonyl (C=O) groups excluding carboxylic acids is 1. The predicted molar refractivity (Wildman–Crippen MR) is 80.0 cm³/mol. The maximum Gasteiger partial charge on any atom is 0.234 e. The van der Waals surface area contributed by atoms with Gasteiger partial charge >= 0.3 is 0 Å². The molecule has 112 valence electrons. The van der Waals surface area contributed by atoms with Gasteiger partial charge in [0, 0.05) is 6.07 Å². The van der Waals surface area contributed by atoms with Crippen LogP contribution in [0.4, 0.5) is 5.69 Å². The molecular weight excluding hydrogens is 292 g/mol. The van der Waals surface area contributed by atoms with Gasteiger partial charge in [-0.25, -0.2) is 4.98 Å². The van der Waals surface area contributed by atoms with E-state index in [1.165, 1.54) is 11.8 Å². The Kier molecular flexibility index (Phi) is 5.04. The lowest BCUT2D eigenvalue weighted by atomic mass is 10.2. The van der Waals surface area contributed by atoms with Crippen molar-refractivity contribution >= 4 is 23.4 Å². The number of amides is 1. The molecule has 0 atom stereocenters. The summed E-state index contributed by atoms with van der Waals surface area (Å²) in [5, 5.41) is 10.0. The first-order chi connectivity index (χ1) is 10.1. The zero-order valence-electron chi connectivity index (χ0n) is 12.0. The minimum absolute atomic E-state index is 0.172. The maximum atomic E-state index is 12.0. The molecule has 0 spiro atoms. The number of hydrogen-bond acceptors (Lipinski definition) is 6. The zero-order chi connectivity index (χ0) is 15.2. The normalized spacial score (nSPS) is 10.2. The quantitative estimate of drug-likeness (QED) is 0.792. The van der Waals surface area contributed by atoms with Gasteiger partial charge < -0.3 is 14.8 Å². The Labute approximate surface area is 126 Å². The highest BCUT2D eigenvalue weighted by atomic mass is 32.2. The van der Waals surface area contributed by atoms with E-state index in [4.69, 9.17) is 9.47 Å². The van der Waals surface area contributed by atoms with Gasteiger partial charge in [-0.05, 0) is 19.1 Å². The number of H-pyrrole nitrogens is 1. The van der Waals surface area contributed by atoms with Crippen LogP contribution in [0.25, 0.3) is 0 Å². The topological polar surface area (TPSA) is 89.1 Å². The molecule has 0 aliphatic rings. The number of aromatic amines is 1. The molecule has 8 heteroatoms. The molecule has 21 heavy (non-hydrogen) atoms. The van der Waals surface area contributed by atoms with Gasteiger partial charge in [0.25, 0.3) is 0 Å². The van der Waals surface area contributed by atoms with Gasteiger partial charge in [0.15, 0.2) is 0 Å². The predicted octanol–water partition coefficient (Wildman–Crippen LogP) is 1.86. The van der Waals surface area contributed by atoms with Gasteiger partial charge in [-0.15, -0.1) is 5.10 Å². The number of nitrogens with zero attached hydrogens (tertiary/aromatic N) is 2. The Morgan fingerprint density at radius 1 is 1.38 bits per heavy atom. The highest BCUT2D eigenvalue weighted by molar-refractivity contribution is 7.99. The minimum Gasteiger partial charge on any atom is -0.497 e. The monoisotopic (exact) mass is 308 g/mol. The van der Waals surface area contributed by atoms with Crippen molar-refractivity contribution < 1.29 is 14.3 Å². The summed E-state index contributed by atoms with van der Waals surface area (Å²) in [6, 6.07) is 5.21. The number of anilines is 1. The highest BCUT2D eigenvalue weighted by Crippen LogP contribution is 2.29. The van der Waals surface area contributed by atoms with Gasteiger partial charge in [0.2, 0.25) is 11.1 Å². The summed E-state index contributed by atoms with van der Waals surface area (Å²) >= 11 is 1.25. The fraction of sp³-hybridized carbons (Fsp3) is 0.308. The SMILES string of the molecule is COc1ccc(OC)c(NC(=O)CSc2n[nH]c(C)n2)c1. The van der Waals surface area contributed by atoms with Crippen LogP contribution in [0.5, 0.6) is 11.5 Å². The largest absolute Gasteiger partial charge is 0.497 e.